The molecule has 3 rings (SSSR count). The lowest BCUT2D eigenvalue weighted by Gasteiger charge is -2.33. The molecule has 0 saturated carbocycles. The Morgan fingerprint density at radius 1 is 1.24 bits per heavy atom. The number of methoxy groups -OCH3 is 1. The molecule has 1 aromatic heterocycles. The summed E-state index contributed by atoms with van der Waals surface area (Å²) in [7, 11) is 1.56. The van der Waals surface area contributed by atoms with Crippen LogP contribution in [0.3, 0.4) is 0 Å². The molecule has 1 aliphatic heterocycles. The van der Waals surface area contributed by atoms with Gasteiger partial charge in [0.05, 0.1) is 33.1 Å². The van der Waals surface area contributed by atoms with Crippen LogP contribution in [0.1, 0.15) is 24.7 Å². The quantitative estimate of drug-likeness (QED) is 0.502. The summed E-state index contributed by atoms with van der Waals surface area (Å²) in [6.07, 6.45) is 5.18. The number of nitrogens with one attached hydrogen (secondary N) is 1. The van der Waals surface area contributed by atoms with Gasteiger partial charge in [-0.1, -0.05) is 6.07 Å². The van der Waals surface area contributed by atoms with Crippen LogP contribution in [0.2, 0.25) is 0 Å². The summed E-state index contributed by atoms with van der Waals surface area (Å²) in [5.74, 6) is 1.27. The molecular formula is C25H30N2O7. The zero-order valence-corrected chi connectivity index (χ0v) is 19.5. The zero-order chi connectivity index (χ0) is 24.3. The Kier molecular flexibility index (Phi) is 9.28. The SMILES string of the molecule is COc1cc(CCC(C)=O)ccc1OCC1CN(C(=O)CNC(=O)/C=C\c2ccco2)CCO1. The number of carbonyl (C=O) groups excluding carboxylic acids is 3. The first-order valence-electron chi connectivity index (χ1n) is 11.1. The fourth-order valence-corrected chi connectivity index (χ4v) is 3.41. The van der Waals surface area contributed by atoms with Crippen LogP contribution in [0.4, 0.5) is 0 Å². The van der Waals surface area contributed by atoms with Gasteiger partial charge in [-0.2, -0.15) is 0 Å². The lowest BCUT2D eigenvalue weighted by Crippen LogP contribution is -2.50. The van der Waals surface area contributed by atoms with Gasteiger partial charge in [0, 0.05) is 19.0 Å². The van der Waals surface area contributed by atoms with Crippen LogP contribution in [-0.4, -0.2) is 68.6 Å². The van der Waals surface area contributed by atoms with E-state index in [1.165, 1.54) is 18.4 Å². The average molecular weight is 471 g/mol. The van der Waals surface area contributed by atoms with Gasteiger partial charge >= 0.3 is 0 Å². The number of carbonyl (C=O) groups is 3. The van der Waals surface area contributed by atoms with Gasteiger partial charge < -0.3 is 33.6 Å². The summed E-state index contributed by atoms with van der Waals surface area (Å²) in [6, 6.07) is 9.02. The molecule has 1 N–H and O–H groups in total. The Morgan fingerprint density at radius 2 is 2.09 bits per heavy atom. The van der Waals surface area contributed by atoms with Gasteiger partial charge in [0.1, 0.15) is 24.3 Å². The third kappa shape index (κ3) is 7.77. The lowest BCUT2D eigenvalue weighted by molar-refractivity contribution is -0.140. The van der Waals surface area contributed by atoms with E-state index in [0.29, 0.717) is 49.8 Å². The van der Waals surface area contributed by atoms with Gasteiger partial charge in [0.2, 0.25) is 11.8 Å². The van der Waals surface area contributed by atoms with E-state index in [0.717, 1.165) is 5.56 Å². The third-order valence-corrected chi connectivity index (χ3v) is 5.27. The van der Waals surface area contributed by atoms with Crippen molar-refractivity contribution < 1.29 is 33.0 Å². The van der Waals surface area contributed by atoms with Crippen LogP contribution in [0.15, 0.2) is 47.1 Å². The van der Waals surface area contributed by atoms with E-state index in [-0.39, 0.29) is 36.9 Å². The number of hydrogen-bond donors (Lipinski definition) is 1. The first kappa shape index (κ1) is 25.0. The maximum atomic E-state index is 12.5. The molecule has 2 heterocycles. The zero-order valence-electron chi connectivity index (χ0n) is 19.5. The maximum Gasteiger partial charge on any atom is 0.244 e. The number of rotatable bonds is 11. The molecule has 1 fully saturated rings. The summed E-state index contributed by atoms with van der Waals surface area (Å²) < 4.78 is 22.2. The molecule has 34 heavy (non-hydrogen) atoms. The molecule has 0 aliphatic carbocycles. The average Bonchev–Trinajstić information content (AvgIpc) is 3.37. The molecule has 1 saturated heterocycles. The van der Waals surface area contributed by atoms with Gasteiger partial charge in [-0.25, -0.2) is 0 Å². The Balaban J connectivity index is 1.45. The predicted molar refractivity (Wildman–Crippen MR) is 125 cm³/mol. The Morgan fingerprint density at radius 3 is 2.82 bits per heavy atom. The van der Waals surface area contributed by atoms with Crippen LogP contribution < -0.4 is 14.8 Å². The highest BCUT2D eigenvalue weighted by atomic mass is 16.5. The number of ketones is 1. The second-order valence-corrected chi connectivity index (χ2v) is 7.90. The molecule has 0 bridgehead atoms. The molecule has 9 nitrogen and oxygen atoms in total. The first-order valence-corrected chi connectivity index (χ1v) is 11.1. The normalized spacial score (nSPS) is 15.8. The minimum Gasteiger partial charge on any atom is -0.493 e. The minimum absolute atomic E-state index is 0.107. The van der Waals surface area contributed by atoms with Crippen LogP contribution in [-0.2, 0) is 25.5 Å². The first-order chi connectivity index (χ1) is 16.4. The monoisotopic (exact) mass is 470 g/mol. The second kappa shape index (κ2) is 12.6. The van der Waals surface area contributed by atoms with Gasteiger partial charge in [-0.15, -0.1) is 0 Å². The molecule has 182 valence electrons. The summed E-state index contributed by atoms with van der Waals surface area (Å²) in [5.41, 5.74) is 0.992. The largest absolute Gasteiger partial charge is 0.493 e. The fraction of sp³-hybridized carbons (Fsp3) is 0.400. The predicted octanol–water partition coefficient (Wildman–Crippen LogP) is 2.25. The third-order valence-electron chi connectivity index (χ3n) is 5.27. The van der Waals surface area contributed by atoms with Crippen molar-refractivity contribution in [3.05, 3.63) is 54.0 Å². The Bertz CT molecular complexity index is 1000. The minimum atomic E-state index is -0.378. The van der Waals surface area contributed by atoms with E-state index < -0.39 is 0 Å². The van der Waals surface area contributed by atoms with Gasteiger partial charge in [0.25, 0.3) is 0 Å². The standard InChI is InChI=1S/C25H30N2O7/c1-18(28)5-6-19-7-9-22(23(14-19)31-2)34-17-21-16-27(11-13-33-21)25(30)15-26-24(29)10-8-20-4-3-12-32-20/h3-4,7-10,12,14,21H,5-6,11,13,15-17H2,1-2H3,(H,26,29)/b10-8-. The number of Topliss-reactive ketones (excluding diaryl/α,β-unsaturated/α-hetero) is 1. The molecule has 1 atom stereocenters. The molecule has 1 unspecified atom stereocenters. The van der Waals surface area contributed by atoms with Gasteiger partial charge in [-0.3, -0.25) is 9.59 Å². The number of nitrogens with zero attached hydrogens (tertiary/aromatic N) is 1. The van der Waals surface area contributed by atoms with Crippen molar-refractivity contribution in [3.8, 4) is 11.5 Å². The van der Waals surface area contributed by atoms with Gasteiger partial charge in [-0.05, 0) is 49.2 Å². The van der Waals surface area contributed by atoms with Gasteiger partial charge in [0.15, 0.2) is 11.5 Å². The van der Waals surface area contributed by atoms with Crippen molar-refractivity contribution in [3.63, 3.8) is 0 Å². The molecule has 1 aromatic carbocycles. The van der Waals surface area contributed by atoms with E-state index in [1.807, 2.05) is 18.2 Å². The van der Waals surface area contributed by atoms with E-state index >= 15 is 0 Å². The highest BCUT2D eigenvalue weighted by Gasteiger charge is 2.25. The van der Waals surface area contributed by atoms with Crippen LogP contribution in [0, 0.1) is 0 Å². The highest BCUT2D eigenvalue weighted by Crippen LogP contribution is 2.29. The van der Waals surface area contributed by atoms with E-state index in [4.69, 9.17) is 18.6 Å². The number of morpholine rings is 1. The highest BCUT2D eigenvalue weighted by molar-refractivity contribution is 5.94. The Hall–Kier alpha value is -3.59. The summed E-state index contributed by atoms with van der Waals surface area (Å²) in [4.78, 5) is 37.3. The van der Waals surface area contributed by atoms with Crippen LogP contribution in [0.5, 0.6) is 11.5 Å². The van der Waals surface area contributed by atoms with E-state index in [9.17, 15) is 14.4 Å². The summed E-state index contributed by atoms with van der Waals surface area (Å²) in [5, 5.41) is 2.58. The van der Waals surface area contributed by atoms with Crippen molar-refractivity contribution in [2.24, 2.45) is 0 Å². The van der Waals surface area contributed by atoms with Crippen molar-refractivity contribution in [2.75, 3.05) is 40.0 Å². The van der Waals surface area contributed by atoms with Crippen LogP contribution >= 0.6 is 0 Å². The molecule has 9 heteroatoms. The maximum absolute atomic E-state index is 12.5. The van der Waals surface area contributed by atoms with E-state index in [1.54, 1.807) is 31.1 Å². The number of furan rings is 1. The van der Waals surface area contributed by atoms with E-state index in [2.05, 4.69) is 5.32 Å². The van der Waals surface area contributed by atoms with Crippen LogP contribution in [0.25, 0.3) is 6.08 Å². The van der Waals surface area contributed by atoms with Crippen molar-refractivity contribution in [2.45, 2.75) is 25.9 Å². The molecule has 0 spiro atoms. The molecule has 0 radical (unpaired) electrons. The topological polar surface area (TPSA) is 107 Å². The number of aryl methyl sites for hydroxylation is 1. The fourth-order valence-electron chi connectivity index (χ4n) is 3.41. The smallest absolute Gasteiger partial charge is 0.244 e. The molecule has 1 aliphatic rings. The second-order valence-electron chi connectivity index (χ2n) is 7.90. The number of benzene rings is 1. The number of hydrogen-bond acceptors (Lipinski definition) is 7. The Labute approximate surface area is 198 Å². The summed E-state index contributed by atoms with van der Waals surface area (Å²) >= 11 is 0. The van der Waals surface area contributed by atoms with Crippen molar-refractivity contribution in [1.29, 1.82) is 0 Å². The lowest BCUT2D eigenvalue weighted by atomic mass is 10.1. The summed E-state index contributed by atoms with van der Waals surface area (Å²) in [6.45, 7) is 2.89. The molecular weight excluding hydrogens is 440 g/mol. The van der Waals surface area contributed by atoms with Crippen molar-refractivity contribution >= 4 is 23.7 Å². The molecule has 2 amide bonds. The number of ether oxygens (including phenoxy) is 3. The molecule has 2 aromatic rings. The number of amides is 2. The van der Waals surface area contributed by atoms with Crippen molar-refractivity contribution in [1.82, 2.24) is 10.2 Å².